The number of carbonyl (C=O) groups excluding carboxylic acids is 2. The van der Waals surface area contributed by atoms with E-state index < -0.39 is 5.91 Å². The van der Waals surface area contributed by atoms with Crippen molar-refractivity contribution in [1.82, 2.24) is 24.7 Å². The Bertz CT molecular complexity index is 1180. The Balaban J connectivity index is 1.50. The van der Waals surface area contributed by atoms with Gasteiger partial charge in [-0.2, -0.15) is 5.10 Å². The first kappa shape index (κ1) is 18.4. The van der Waals surface area contributed by atoms with Gasteiger partial charge in [0, 0.05) is 24.3 Å². The molecule has 3 aromatic heterocycles. The maximum atomic E-state index is 12.7. The van der Waals surface area contributed by atoms with Crippen LogP contribution in [-0.2, 0) is 0 Å². The molecule has 4 rings (SSSR count). The zero-order valence-electron chi connectivity index (χ0n) is 15.2. The average Bonchev–Trinajstić information content (AvgIpc) is 3.37. The van der Waals surface area contributed by atoms with E-state index in [1.807, 2.05) is 0 Å². The molecule has 3 N–H and O–H groups in total. The minimum Gasteiger partial charge on any atom is -0.364 e. The number of nitrogens with two attached hydrogens (primary N) is 1. The molecule has 29 heavy (non-hydrogen) atoms. The molecular weight excluding hydrogens is 390 g/mol. The fourth-order valence-corrected chi connectivity index (χ4v) is 3.51. The van der Waals surface area contributed by atoms with Crippen molar-refractivity contribution in [3.05, 3.63) is 71.3 Å². The Morgan fingerprint density at radius 3 is 2.48 bits per heavy atom. The van der Waals surface area contributed by atoms with Crippen molar-refractivity contribution in [1.29, 1.82) is 0 Å². The number of hydrogen-bond acceptors (Lipinski definition) is 7. The number of aromatic nitrogens is 5. The molecule has 0 unspecified atom stereocenters. The molecule has 0 aliphatic rings. The van der Waals surface area contributed by atoms with Crippen LogP contribution >= 0.6 is 11.3 Å². The molecule has 0 aliphatic carbocycles. The van der Waals surface area contributed by atoms with Gasteiger partial charge >= 0.3 is 0 Å². The number of nitrogens with one attached hydrogen (secondary N) is 1. The first-order chi connectivity index (χ1) is 14.0. The van der Waals surface area contributed by atoms with Gasteiger partial charge in [0.05, 0.1) is 11.4 Å². The van der Waals surface area contributed by atoms with Crippen LogP contribution in [0, 0.1) is 6.92 Å². The van der Waals surface area contributed by atoms with Gasteiger partial charge in [0.1, 0.15) is 10.6 Å². The lowest BCUT2D eigenvalue weighted by atomic mass is 10.2. The van der Waals surface area contributed by atoms with Crippen molar-refractivity contribution in [3.8, 4) is 16.5 Å². The monoisotopic (exact) mass is 405 g/mol. The van der Waals surface area contributed by atoms with Crippen LogP contribution < -0.4 is 11.1 Å². The van der Waals surface area contributed by atoms with Gasteiger partial charge in [-0.3, -0.25) is 9.59 Å². The molecule has 0 saturated carbocycles. The predicted molar refractivity (Wildman–Crippen MR) is 108 cm³/mol. The number of carbonyl (C=O) groups is 2. The number of rotatable bonds is 5. The van der Waals surface area contributed by atoms with Crippen molar-refractivity contribution in [3.63, 3.8) is 0 Å². The summed E-state index contributed by atoms with van der Waals surface area (Å²) in [5.41, 5.74) is 7.36. The van der Waals surface area contributed by atoms with Crippen molar-refractivity contribution >= 4 is 28.8 Å². The highest BCUT2D eigenvalue weighted by Crippen LogP contribution is 2.26. The maximum absolute atomic E-state index is 12.7. The number of anilines is 1. The first-order valence-electron chi connectivity index (χ1n) is 8.53. The Morgan fingerprint density at radius 2 is 1.83 bits per heavy atom. The first-order valence-corrected chi connectivity index (χ1v) is 9.35. The van der Waals surface area contributed by atoms with Gasteiger partial charge in [-0.1, -0.05) is 0 Å². The number of hydrogen-bond donors (Lipinski definition) is 2. The lowest BCUT2D eigenvalue weighted by Gasteiger charge is -2.06. The van der Waals surface area contributed by atoms with Crippen LogP contribution in [0.2, 0.25) is 0 Å². The fourth-order valence-electron chi connectivity index (χ4n) is 2.60. The van der Waals surface area contributed by atoms with Crippen molar-refractivity contribution in [2.75, 3.05) is 5.32 Å². The van der Waals surface area contributed by atoms with E-state index in [-0.39, 0.29) is 11.6 Å². The molecule has 0 radical (unpaired) electrons. The number of thiazole rings is 1. The second-order valence-corrected chi connectivity index (χ2v) is 7.02. The highest BCUT2D eigenvalue weighted by atomic mass is 32.1. The molecule has 2 amide bonds. The zero-order valence-corrected chi connectivity index (χ0v) is 16.1. The minimum absolute atomic E-state index is 0.182. The lowest BCUT2D eigenvalue weighted by molar-refractivity contribution is 0.0993. The minimum atomic E-state index is -0.590. The summed E-state index contributed by atoms with van der Waals surface area (Å²) in [4.78, 5) is 37.0. The SMILES string of the molecule is Cc1nc(-c2ncccn2)sc1C(=O)Nc1ccc(-n2ccc(C(N)=O)n2)cc1. The second-order valence-electron chi connectivity index (χ2n) is 6.02. The molecular formula is C19H15N7O2S. The summed E-state index contributed by atoms with van der Waals surface area (Å²) >= 11 is 1.24. The molecule has 0 aliphatic heterocycles. The summed E-state index contributed by atoms with van der Waals surface area (Å²) in [6.45, 7) is 1.77. The largest absolute Gasteiger partial charge is 0.364 e. The lowest BCUT2D eigenvalue weighted by Crippen LogP contribution is -2.12. The Hall–Kier alpha value is -3.92. The van der Waals surface area contributed by atoms with Crippen LogP contribution in [0.5, 0.6) is 0 Å². The van der Waals surface area contributed by atoms with Crippen molar-refractivity contribution < 1.29 is 9.59 Å². The highest BCUT2D eigenvalue weighted by molar-refractivity contribution is 7.17. The topological polar surface area (TPSA) is 129 Å². The second kappa shape index (κ2) is 7.60. The normalized spacial score (nSPS) is 10.7. The molecule has 0 bridgehead atoms. The number of nitrogens with zero attached hydrogens (tertiary/aromatic N) is 5. The molecule has 10 heteroatoms. The molecule has 0 saturated heterocycles. The molecule has 1 aromatic carbocycles. The summed E-state index contributed by atoms with van der Waals surface area (Å²) in [6.07, 6.45) is 4.90. The summed E-state index contributed by atoms with van der Waals surface area (Å²) in [7, 11) is 0. The smallest absolute Gasteiger partial charge is 0.269 e. The number of aryl methyl sites for hydroxylation is 1. The molecule has 9 nitrogen and oxygen atoms in total. The fraction of sp³-hybridized carbons (Fsp3) is 0.0526. The third kappa shape index (κ3) is 3.87. The van der Waals surface area contributed by atoms with Crippen LogP contribution in [0.4, 0.5) is 5.69 Å². The average molecular weight is 405 g/mol. The quantitative estimate of drug-likeness (QED) is 0.525. The van der Waals surface area contributed by atoms with Crippen LogP contribution in [0.3, 0.4) is 0 Å². The van der Waals surface area contributed by atoms with E-state index >= 15 is 0 Å². The van der Waals surface area contributed by atoms with E-state index in [0.717, 1.165) is 5.69 Å². The number of primary amides is 1. The Kier molecular flexibility index (Phi) is 4.83. The van der Waals surface area contributed by atoms with E-state index in [0.29, 0.717) is 27.1 Å². The van der Waals surface area contributed by atoms with Gasteiger partial charge in [0.15, 0.2) is 10.8 Å². The number of benzene rings is 1. The predicted octanol–water partition coefficient (Wildman–Crippen LogP) is 2.45. The Labute approximate surface area is 169 Å². The summed E-state index contributed by atoms with van der Waals surface area (Å²) in [5.74, 6) is -0.364. The third-order valence-corrected chi connectivity index (χ3v) is 5.14. The standard InChI is InChI=1S/C19H15N7O2S/c1-11-15(29-19(23-11)17-21-8-2-9-22-17)18(28)24-12-3-5-13(6-4-12)26-10-7-14(25-26)16(20)27/h2-10H,1H3,(H2,20,27)(H,24,28). The van der Waals surface area contributed by atoms with Gasteiger partial charge in [0.2, 0.25) is 0 Å². The van der Waals surface area contributed by atoms with Gasteiger partial charge < -0.3 is 11.1 Å². The molecule has 0 fully saturated rings. The van der Waals surface area contributed by atoms with Crippen LogP contribution in [0.1, 0.15) is 25.9 Å². The van der Waals surface area contributed by atoms with Crippen molar-refractivity contribution in [2.24, 2.45) is 5.73 Å². The van der Waals surface area contributed by atoms with Gasteiger partial charge in [0.25, 0.3) is 11.8 Å². The highest BCUT2D eigenvalue weighted by Gasteiger charge is 2.17. The molecule has 4 aromatic rings. The molecule has 144 valence electrons. The van der Waals surface area contributed by atoms with Crippen molar-refractivity contribution in [2.45, 2.75) is 6.92 Å². The zero-order chi connectivity index (χ0) is 20.4. The summed E-state index contributed by atoms with van der Waals surface area (Å²) < 4.78 is 1.53. The molecule has 0 spiro atoms. The van der Waals surface area contributed by atoms with E-state index in [4.69, 9.17) is 5.73 Å². The van der Waals surface area contributed by atoms with E-state index in [2.05, 4.69) is 25.4 Å². The summed E-state index contributed by atoms with van der Waals surface area (Å²) in [6, 6.07) is 10.3. The van der Waals surface area contributed by atoms with E-state index in [9.17, 15) is 9.59 Å². The summed E-state index contributed by atoms with van der Waals surface area (Å²) in [5, 5.41) is 7.54. The van der Waals surface area contributed by atoms with Gasteiger partial charge in [-0.05, 0) is 43.3 Å². The number of amides is 2. The molecule has 3 heterocycles. The maximum Gasteiger partial charge on any atom is 0.269 e. The Morgan fingerprint density at radius 1 is 1.10 bits per heavy atom. The van der Waals surface area contributed by atoms with E-state index in [1.54, 1.807) is 61.9 Å². The molecule has 0 atom stereocenters. The van der Waals surface area contributed by atoms with Crippen LogP contribution in [0.15, 0.2) is 55.0 Å². The van der Waals surface area contributed by atoms with E-state index in [1.165, 1.54) is 16.0 Å². The van der Waals surface area contributed by atoms with Crippen LogP contribution in [-0.4, -0.2) is 36.5 Å². The van der Waals surface area contributed by atoms with Crippen LogP contribution in [0.25, 0.3) is 16.5 Å². The third-order valence-electron chi connectivity index (χ3n) is 3.99. The van der Waals surface area contributed by atoms with Gasteiger partial charge in [-0.15, -0.1) is 11.3 Å². The van der Waals surface area contributed by atoms with Gasteiger partial charge in [-0.25, -0.2) is 19.6 Å².